The number of carbonyl (C=O) groups is 1. The van der Waals surface area contributed by atoms with Gasteiger partial charge in [-0.25, -0.2) is 4.39 Å². The van der Waals surface area contributed by atoms with Gasteiger partial charge in [-0.1, -0.05) is 6.08 Å². The minimum atomic E-state index is -5.13. The maximum Gasteiger partial charge on any atom is 0.421 e. The van der Waals surface area contributed by atoms with Crippen LogP contribution in [0.4, 0.5) is 23.2 Å². The summed E-state index contributed by atoms with van der Waals surface area (Å²) in [4.78, 5) is 13.7. The van der Waals surface area contributed by atoms with E-state index in [1.54, 1.807) is 6.08 Å². The number of hydrogen-bond donors (Lipinski definition) is 4. The van der Waals surface area contributed by atoms with Gasteiger partial charge in [0.1, 0.15) is 11.6 Å². The van der Waals surface area contributed by atoms with Crippen molar-refractivity contribution in [3.63, 3.8) is 0 Å². The zero-order valence-corrected chi connectivity index (χ0v) is 13.4. The Bertz CT molecular complexity index is 731. The van der Waals surface area contributed by atoms with Crippen molar-refractivity contribution in [2.24, 2.45) is 5.73 Å². The molecule has 5 N–H and O–H groups in total. The van der Waals surface area contributed by atoms with Gasteiger partial charge in [-0.2, -0.15) is 13.2 Å². The second kappa shape index (κ2) is 7.34. The molecule has 1 unspecified atom stereocenters. The number of halogens is 4. The van der Waals surface area contributed by atoms with E-state index >= 15 is 0 Å². The van der Waals surface area contributed by atoms with Gasteiger partial charge in [0.05, 0.1) is 18.7 Å². The number of amides is 1. The minimum Gasteiger partial charge on any atom is -0.393 e. The van der Waals surface area contributed by atoms with Crippen LogP contribution in [0, 0.1) is 5.82 Å². The van der Waals surface area contributed by atoms with Crippen LogP contribution in [0.3, 0.4) is 0 Å². The first-order chi connectivity index (χ1) is 12.1. The summed E-state index contributed by atoms with van der Waals surface area (Å²) in [7, 11) is 0. The molecule has 1 amide bonds. The molecule has 10 heteroatoms. The quantitative estimate of drug-likeness (QED) is 0.570. The second-order valence-electron chi connectivity index (χ2n) is 5.66. The summed E-state index contributed by atoms with van der Waals surface area (Å²) in [6.07, 6.45) is -2.25. The van der Waals surface area contributed by atoms with Crippen LogP contribution in [-0.4, -0.2) is 47.6 Å². The van der Waals surface area contributed by atoms with Gasteiger partial charge >= 0.3 is 6.18 Å². The van der Waals surface area contributed by atoms with Gasteiger partial charge in [0, 0.05) is 12.2 Å². The number of hydrogen-bond acceptors (Lipinski definition) is 5. The molecule has 1 aromatic rings. The molecule has 0 saturated carbocycles. The molecule has 0 radical (unpaired) electrons. The van der Waals surface area contributed by atoms with E-state index in [1.807, 2.05) is 5.32 Å². The fourth-order valence-electron chi connectivity index (χ4n) is 2.23. The lowest BCUT2D eigenvalue weighted by Gasteiger charge is -2.30. The van der Waals surface area contributed by atoms with Crippen LogP contribution in [-0.2, 0) is 4.79 Å². The van der Waals surface area contributed by atoms with E-state index in [-0.39, 0.29) is 17.9 Å². The average Bonchev–Trinajstić information content (AvgIpc) is 2.59. The molecule has 1 heterocycles. The smallest absolute Gasteiger partial charge is 0.393 e. The van der Waals surface area contributed by atoms with E-state index in [1.165, 1.54) is 35.2 Å². The molecule has 1 atom stereocenters. The standard InChI is InChI=1S/C16H17F4N3O3/c17-10-3-5-11(6-4-10)23-7-1-2-12(13(23)21)14(25)22-8-15(26,9-24)16(18,19)20/h1-6,24,26H,7-9,21H2,(H,22,25). The highest BCUT2D eigenvalue weighted by atomic mass is 19.4. The lowest BCUT2D eigenvalue weighted by atomic mass is 10.0. The Kier molecular flexibility index (Phi) is 5.57. The van der Waals surface area contributed by atoms with Gasteiger partial charge in [0.15, 0.2) is 0 Å². The molecule has 1 aromatic carbocycles. The average molecular weight is 375 g/mol. The fraction of sp³-hybridized carbons (Fsp3) is 0.312. The van der Waals surface area contributed by atoms with Crippen molar-refractivity contribution in [3.8, 4) is 0 Å². The third-order valence-corrected chi connectivity index (χ3v) is 3.85. The molecule has 26 heavy (non-hydrogen) atoms. The zero-order chi connectivity index (χ0) is 19.5. The van der Waals surface area contributed by atoms with Crippen LogP contribution in [0.25, 0.3) is 0 Å². The van der Waals surface area contributed by atoms with Crippen LogP contribution in [0.15, 0.2) is 47.8 Å². The van der Waals surface area contributed by atoms with E-state index in [9.17, 15) is 27.5 Å². The summed E-state index contributed by atoms with van der Waals surface area (Å²) < 4.78 is 51.2. The normalized spacial score (nSPS) is 17.2. The topological polar surface area (TPSA) is 98.8 Å². The number of aliphatic hydroxyl groups is 2. The molecule has 0 fully saturated rings. The maximum absolute atomic E-state index is 13.0. The highest BCUT2D eigenvalue weighted by Crippen LogP contribution is 2.29. The van der Waals surface area contributed by atoms with Crippen LogP contribution >= 0.6 is 0 Å². The van der Waals surface area contributed by atoms with E-state index in [4.69, 9.17) is 10.8 Å². The number of carbonyl (C=O) groups excluding carboxylic acids is 1. The van der Waals surface area contributed by atoms with Crippen molar-refractivity contribution in [1.82, 2.24) is 5.32 Å². The van der Waals surface area contributed by atoms with Crippen molar-refractivity contribution >= 4 is 11.6 Å². The number of anilines is 1. The minimum absolute atomic E-state index is 0.0452. The molecule has 0 spiro atoms. The SMILES string of the molecule is NC1=C(C(=O)NCC(O)(CO)C(F)(F)F)C=CCN1c1ccc(F)cc1. The molecule has 142 valence electrons. The summed E-state index contributed by atoms with van der Waals surface area (Å²) in [5.41, 5.74) is 2.82. The van der Waals surface area contributed by atoms with Crippen LogP contribution in [0.5, 0.6) is 0 Å². The monoisotopic (exact) mass is 375 g/mol. The molecule has 6 nitrogen and oxygen atoms in total. The summed E-state index contributed by atoms with van der Waals surface area (Å²) in [6, 6.07) is 5.27. The number of alkyl halides is 3. The fourth-order valence-corrected chi connectivity index (χ4v) is 2.23. The molecular formula is C16H17F4N3O3. The van der Waals surface area contributed by atoms with Crippen LogP contribution < -0.4 is 16.0 Å². The van der Waals surface area contributed by atoms with E-state index in [0.717, 1.165) is 0 Å². The van der Waals surface area contributed by atoms with Gasteiger partial charge in [0.25, 0.3) is 5.91 Å². The highest BCUT2D eigenvalue weighted by molar-refractivity contribution is 5.98. The Morgan fingerprint density at radius 3 is 2.42 bits per heavy atom. The van der Waals surface area contributed by atoms with Gasteiger partial charge in [-0.15, -0.1) is 0 Å². The predicted octanol–water partition coefficient (Wildman–Crippen LogP) is 0.774. The summed E-state index contributed by atoms with van der Waals surface area (Å²) in [5, 5.41) is 20.1. The molecule has 1 aliphatic rings. The Hall–Kier alpha value is -2.59. The Balaban J connectivity index is 2.18. The lowest BCUT2D eigenvalue weighted by molar-refractivity contribution is -0.268. The van der Waals surface area contributed by atoms with Crippen LogP contribution in [0.2, 0.25) is 0 Å². The molecule has 0 aromatic heterocycles. The first kappa shape index (κ1) is 19.7. The van der Waals surface area contributed by atoms with Crippen molar-refractivity contribution in [1.29, 1.82) is 0 Å². The predicted molar refractivity (Wildman–Crippen MR) is 85.2 cm³/mol. The summed E-state index contributed by atoms with van der Waals surface area (Å²) in [5.74, 6) is -1.46. The number of nitrogens with one attached hydrogen (secondary N) is 1. The second-order valence-corrected chi connectivity index (χ2v) is 5.66. The molecule has 0 aliphatic carbocycles. The first-order valence-corrected chi connectivity index (χ1v) is 7.46. The van der Waals surface area contributed by atoms with Gasteiger partial charge in [-0.3, -0.25) is 4.79 Å². The van der Waals surface area contributed by atoms with Crippen LogP contribution in [0.1, 0.15) is 0 Å². The van der Waals surface area contributed by atoms with E-state index in [2.05, 4.69) is 0 Å². The Morgan fingerprint density at radius 2 is 1.88 bits per heavy atom. The third-order valence-electron chi connectivity index (χ3n) is 3.85. The van der Waals surface area contributed by atoms with E-state index < -0.39 is 36.7 Å². The van der Waals surface area contributed by atoms with Crippen molar-refractivity contribution in [2.75, 3.05) is 24.6 Å². The first-order valence-electron chi connectivity index (χ1n) is 7.46. The molecule has 0 bridgehead atoms. The lowest BCUT2D eigenvalue weighted by Crippen LogP contribution is -2.56. The van der Waals surface area contributed by atoms with Crippen molar-refractivity contribution in [2.45, 2.75) is 11.8 Å². The Labute approximate surface area is 146 Å². The molecule has 1 aliphatic heterocycles. The molecule has 2 rings (SSSR count). The largest absolute Gasteiger partial charge is 0.421 e. The maximum atomic E-state index is 13.0. The van der Waals surface area contributed by atoms with Gasteiger partial charge in [-0.05, 0) is 30.3 Å². The Morgan fingerprint density at radius 1 is 1.27 bits per heavy atom. The van der Waals surface area contributed by atoms with Gasteiger partial charge < -0.3 is 26.2 Å². The number of rotatable bonds is 5. The van der Waals surface area contributed by atoms with Gasteiger partial charge in [0.2, 0.25) is 5.60 Å². The summed E-state index contributed by atoms with van der Waals surface area (Å²) in [6.45, 7) is -2.58. The number of nitrogens with zero attached hydrogens (tertiary/aromatic N) is 1. The van der Waals surface area contributed by atoms with E-state index in [0.29, 0.717) is 5.69 Å². The molecular weight excluding hydrogens is 358 g/mol. The number of aliphatic hydroxyl groups excluding tert-OH is 1. The highest BCUT2D eigenvalue weighted by Gasteiger charge is 2.53. The summed E-state index contributed by atoms with van der Waals surface area (Å²) >= 11 is 0. The zero-order valence-electron chi connectivity index (χ0n) is 13.4. The van der Waals surface area contributed by atoms with Crippen molar-refractivity contribution < 1.29 is 32.6 Å². The molecule has 0 saturated heterocycles. The third kappa shape index (κ3) is 3.97. The number of benzene rings is 1. The van der Waals surface area contributed by atoms with Crippen molar-refractivity contribution in [3.05, 3.63) is 53.6 Å². The number of nitrogens with two attached hydrogens (primary N) is 1.